The molecule has 2 aromatic rings. The SMILES string of the molecule is Cc1nn(Cc2cncc(Br)c2)c(C)c1CN. The lowest BCUT2D eigenvalue weighted by Crippen LogP contribution is -2.05. The number of halogens is 1. The fourth-order valence-electron chi connectivity index (χ4n) is 1.90. The van der Waals surface area contributed by atoms with E-state index < -0.39 is 0 Å². The summed E-state index contributed by atoms with van der Waals surface area (Å²) in [5.74, 6) is 0. The van der Waals surface area contributed by atoms with Gasteiger partial charge in [-0.3, -0.25) is 9.67 Å². The Bertz CT molecular complexity index is 533. The molecule has 0 unspecified atom stereocenters. The number of aryl methyl sites for hydroxylation is 1. The molecule has 0 aliphatic carbocycles. The predicted octanol–water partition coefficient (Wildman–Crippen LogP) is 2.16. The van der Waals surface area contributed by atoms with Gasteiger partial charge < -0.3 is 5.73 Å². The summed E-state index contributed by atoms with van der Waals surface area (Å²) in [5, 5.41) is 4.50. The predicted molar refractivity (Wildman–Crippen MR) is 70.6 cm³/mol. The quantitative estimate of drug-likeness (QED) is 0.944. The third kappa shape index (κ3) is 2.56. The highest BCUT2D eigenvalue weighted by Gasteiger charge is 2.10. The van der Waals surface area contributed by atoms with Crippen molar-refractivity contribution in [2.24, 2.45) is 5.73 Å². The number of pyridine rings is 1. The molecule has 90 valence electrons. The number of hydrogen-bond donors (Lipinski definition) is 1. The number of hydrogen-bond acceptors (Lipinski definition) is 3. The topological polar surface area (TPSA) is 56.7 Å². The Morgan fingerprint density at radius 2 is 2.12 bits per heavy atom. The van der Waals surface area contributed by atoms with Gasteiger partial charge in [0, 0.05) is 34.7 Å². The van der Waals surface area contributed by atoms with Crippen molar-refractivity contribution in [3.05, 3.63) is 45.4 Å². The number of aromatic nitrogens is 3. The average molecular weight is 295 g/mol. The highest BCUT2D eigenvalue weighted by molar-refractivity contribution is 9.10. The third-order valence-corrected chi connectivity index (χ3v) is 3.26. The summed E-state index contributed by atoms with van der Waals surface area (Å²) in [4.78, 5) is 4.15. The van der Waals surface area contributed by atoms with Crippen molar-refractivity contribution in [3.8, 4) is 0 Å². The van der Waals surface area contributed by atoms with Gasteiger partial charge in [-0.15, -0.1) is 0 Å². The lowest BCUT2D eigenvalue weighted by atomic mass is 10.2. The molecule has 0 fully saturated rings. The molecule has 0 amide bonds. The third-order valence-electron chi connectivity index (χ3n) is 2.83. The van der Waals surface area contributed by atoms with Crippen LogP contribution in [0, 0.1) is 13.8 Å². The van der Waals surface area contributed by atoms with Crippen LogP contribution in [0.5, 0.6) is 0 Å². The Kier molecular flexibility index (Phi) is 3.59. The second kappa shape index (κ2) is 4.98. The molecular formula is C12H15BrN4. The number of nitrogens with zero attached hydrogens (tertiary/aromatic N) is 3. The summed E-state index contributed by atoms with van der Waals surface area (Å²) in [7, 11) is 0. The molecule has 4 nitrogen and oxygen atoms in total. The van der Waals surface area contributed by atoms with Gasteiger partial charge in [0.2, 0.25) is 0 Å². The van der Waals surface area contributed by atoms with Crippen LogP contribution in [0.1, 0.15) is 22.5 Å². The second-order valence-electron chi connectivity index (χ2n) is 4.02. The average Bonchev–Trinajstić information content (AvgIpc) is 2.54. The fraction of sp³-hybridized carbons (Fsp3) is 0.333. The van der Waals surface area contributed by atoms with E-state index in [1.54, 1.807) is 6.20 Å². The Balaban J connectivity index is 2.30. The van der Waals surface area contributed by atoms with Crippen molar-refractivity contribution >= 4 is 15.9 Å². The molecule has 0 aliphatic heterocycles. The van der Waals surface area contributed by atoms with Crippen LogP contribution in [0.15, 0.2) is 22.9 Å². The smallest absolute Gasteiger partial charge is 0.0678 e. The standard InChI is InChI=1S/C12H15BrN4/c1-8-12(4-14)9(2)17(16-8)7-10-3-11(13)6-15-5-10/h3,5-6H,4,7,14H2,1-2H3. The summed E-state index contributed by atoms with van der Waals surface area (Å²) >= 11 is 3.42. The Morgan fingerprint density at radius 1 is 1.35 bits per heavy atom. The second-order valence-corrected chi connectivity index (χ2v) is 4.94. The molecule has 0 saturated heterocycles. The highest BCUT2D eigenvalue weighted by atomic mass is 79.9. The molecule has 5 heteroatoms. The van der Waals surface area contributed by atoms with E-state index in [-0.39, 0.29) is 0 Å². The molecule has 0 saturated carbocycles. The van der Waals surface area contributed by atoms with Crippen LogP contribution < -0.4 is 5.73 Å². The van der Waals surface area contributed by atoms with Crippen LogP contribution in [-0.2, 0) is 13.1 Å². The first-order valence-electron chi connectivity index (χ1n) is 5.44. The van der Waals surface area contributed by atoms with Crippen molar-refractivity contribution in [1.82, 2.24) is 14.8 Å². The Hall–Kier alpha value is -1.20. The summed E-state index contributed by atoms with van der Waals surface area (Å²) < 4.78 is 2.96. The van der Waals surface area contributed by atoms with Gasteiger partial charge in [0.15, 0.2) is 0 Å². The zero-order valence-electron chi connectivity index (χ0n) is 9.94. The molecule has 0 aromatic carbocycles. The minimum Gasteiger partial charge on any atom is -0.326 e. The molecule has 0 atom stereocenters. The number of rotatable bonds is 3. The van der Waals surface area contributed by atoms with Gasteiger partial charge >= 0.3 is 0 Å². The van der Waals surface area contributed by atoms with Gasteiger partial charge in [0.05, 0.1) is 12.2 Å². The minimum atomic E-state index is 0.536. The van der Waals surface area contributed by atoms with E-state index in [1.165, 1.54) is 0 Å². The van der Waals surface area contributed by atoms with Gasteiger partial charge in [-0.05, 0) is 41.4 Å². The molecule has 2 rings (SSSR count). The molecule has 0 radical (unpaired) electrons. The van der Waals surface area contributed by atoms with Crippen molar-refractivity contribution < 1.29 is 0 Å². The zero-order valence-corrected chi connectivity index (χ0v) is 11.5. The van der Waals surface area contributed by atoms with E-state index >= 15 is 0 Å². The molecule has 2 heterocycles. The van der Waals surface area contributed by atoms with Crippen LogP contribution >= 0.6 is 15.9 Å². The molecule has 0 spiro atoms. The van der Waals surface area contributed by atoms with E-state index in [0.29, 0.717) is 6.54 Å². The summed E-state index contributed by atoms with van der Waals surface area (Å²) in [5.41, 5.74) is 10.1. The fourth-order valence-corrected chi connectivity index (χ4v) is 2.31. The molecule has 17 heavy (non-hydrogen) atoms. The normalized spacial score (nSPS) is 10.8. The van der Waals surface area contributed by atoms with Crippen molar-refractivity contribution in [1.29, 1.82) is 0 Å². The van der Waals surface area contributed by atoms with E-state index in [0.717, 1.165) is 33.5 Å². The van der Waals surface area contributed by atoms with Gasteiger partial charge in [-0.1, -0.05) is 0 Å². The van der Waals surface area contributed by atoms with Crippen LogP contribution in [0.25, 0.3) is 0 Å². The molecule has 0 bridgehead atoms. The minimum absolute atomic E-state index is 0.536. The van der Waals surface area contributed by atoms with Gasteiger partial charge in [0.1, 0.15) is 0 Å². The van der Waals surface area contributed by atoms with E-state index in [1.807, 2.05) is 30.8 Å². The Labute approximate surface area is 109 Å². The maximum absolute atomic E-state index is 5.71. The van der Waals surface area contributed by atoms with Crippen LogP contribution in [0.3, 0.4) is 0 Å². The summed E-state index contributed by atoms with van der Waals surface area (Å²) in [6.45, 7) is 5.30. The van der Waals surface area contributed by atoms with Crippen LogP contribution in [0.2, 0.25) is 0 Å². The van der Waals surface area contributed by atoms with Crippen LogP contribution in [0.4, 0.5) is 0 Å². The van der Waals surface area contributed by atoms with Crippen molar-refractivity contribution in [3.63, 3.8) is 0 Å². The largest absolute Gasteiger partial charge is 0.326 e. The molecule has 2 N–H and O–H groups in total. The molecular weight excluding hydrogens is 280 g/mol. The zero-order chi connectivity index (χ0) is 12.4. The van der Waals surface area contributed by atoms with Gasteiger partial charge in [-0.25, -0.2) is 0 Å². The van der Waals surface area contributed by atoms with Gasteiger partial charge in [-0.2, -0.15) is 5.10 Å². The van der Waals surface area contributed by atoms with E-state index in [9.17, 15) is 0 Å². The first-order valence-corrected chi connectivity index (χ1v) is 6.23. The van der Waals surface area contributed by atoms with Crippen LogP contribution in [-0.4, -0.2) is 14.8 Å². The maximum Gasteiger partial charge on any atom is 0.0678 e. The van der Waals surface area contributed by atoms with Crippen molar-refractivity contribution in [2.75, 3.05) is 0 Å². The number of nitrogens with two attached hydrogens (primary N) is 1. The molecule has 0 aliphatic rings. The summed E-state index contributed by atoms with van der Waals surface area (Å²) in [6, 6.07) is 2.05. The van der Waals surface area contributed by atoms with E-state index in [2.05, 4.69) is 26.0 Å². The first-order chi connectivity index (χ1) is 8.11. The lowest BCUT2D eigenvalue weighted by molar-refractivity contribution is 0.656. The van der Waals surface area contributed by atoms with Crippen molar-refractivity contribution in [2.45, 2.75) is 26.9 Å². The van der Waals surface area contributed by atoms with Gasteiger partial charge in [0.25, 0.3) is 0 Å². The molecule has 2 aromatic heterocycles. The first kappa shape index (κ1) is 12.3. The lowest BCUT2D eigenvalue weighted by Gasteiger charge is -2.05. The maximum atomic E-state index is 5.71. The Morgan fingerprint density at radius 3 is 2.71 bits per heavy atom. The monoisotopic (exact) mass is 294 g/mol. The summed E-state index contributed by atoms with van der Waals surface area (Å²) in [6.07, 6.45) is 3.62. The highest BCUT2D eigenvalue weighted by Crippen LogP contribution is 2.15. The van der Waals surface area contributed by atoms with E-state index in [4.69, 9.17) is 5.73 Å².